The SMILES string of the molecule is Cc1cccc(C(CN)C(O)c2ccc(C)c(Br)c2)c1. The molecule has 20 heavy (non-hydrogen) atoms. The Bertz CT molecular complexity index is 597. The van der Waals surface area contributed by atoms with E-state index >= 15 is 0 Å². The summed E-state index contributed by atoms with van der Waals surface area (Å²) in [5.74, 6) is -0.0930. The summed E-state index contributed by atoms with van der Waals surface area (Å²) in [6.07, 6.45) is -0.598. The Hall–Kier alpha value is -1.16. The highest BCUT2D eigenvalue weighted by molar-refractivity contribution is 9.10. The standard InChI is InChI=1S/C17H20BrNO/c1-11-4-3-5-13(8-11)15(10-19)17(20)14-7-6-12(2)16(18)9-14/h3-9,15,17,20H,10,19H2,1-2H3. The number of rotatable bonds is 4. The van der Waals surface area contributed by atoms with E-state index in [0.29, 0.717) is 6.54 Å². The summed E-state index contributed by atoms with van der Waals surface area (Å²) in [5, 5.41) is 10.6. The molecule has 0 spiro atoms. The third-order valence-electron chi connectivity index (χ3n) is 3.64. The molecular formula is C17H20BrNO. The van der Waals surface area contributed by atoms with E-state index in [1.54, 1.807) is 0 Å². The van der Waals surface area contributed by atoms with Gasteiger partial charge in [0.15, 0.2) is 0 Å². The summed E-state index contributed by atoms with van der Waals surface area (Å²) in [7, 11) is 0. The fourth-order valence-corrected chi connectivity index (χ4v) is 2.77. The third-order valence-corrected chi connectivity index (χ3v) is 4.50. The largest absolute Gasteiger partial charge is 0.388 e. The van der Waals surface area contributed by atoms with Crippen LogP contribution in [0.15, 0.2) is 46.9 Å². The second kappa shape index (κ2) is 6.53. The van der Waals surface area contributed by atoms with Crippen LogP contribution >= 0.6 is 15.9 Å². The zero-order chi connectivity index (χ0) is 14.7. The van der Waals surface area contributed by atoms with Gasteiger partial charge in [0.25, 0.3) is 0 Å². The quantitative estimate of drug-likeness (QED) is 0.892. The molecule has 0 radical (unpaired) electrons. The molecule has 0 aliphatic carbocycles. The molecule has 0 aromatic heterocycles. The first-order chi connectivity index (χ1) is 9.52. The summed E-state index contributed by atoms with van der Waals surface area (Å²) in [6, 6.07) is 14.1. The average molecular weight is 334 g/mol. The Balaban J connectivity index is 2.33. The summed E-state index contributed by atoms with van der Waals surface area (Å²) in [5.41, 5.74) is 10.2. The van der Waals surface area contributed by atoms with Gasteiger partial charge >= 0.3 is 0 Å². The number of aryl methyl sites for hydroxylation is 2. The molecule has 0 heterocycles. The van der Waals surface area contributed by atoms with Gasteiger partial charge in [-0.3, -0.25) is 0 Å². The minimum absolute atomic E-state index is 0.0930. The lowest BCUT2D eigenvalue weighted by atomic mass is 9.88. The first-order valence-corrected chi connectivity index (χ1v) is 7.53. The Morgan fingerprint density at radius 2 is 1.85 bits per heavy atom. The molecule has 3 N–H and O–H groups in total. The number of aliphatic hydroxyl groups excluding tert-OH is 1. The smallest absolute Gasteiger partial charge is 0.0871 e. The Kier molecular flexibility index (Phi) is 4.97. The number of aliphatic hydroxyl groups is 1. The van der Waals surface area contributed by atoms with E-state index in [0.717, 1.165) is 21.2 Å². The molecule has 2 atom stereocenters. The van der Waals surface area contributed by atoms with Crippen molar-refractivity contribution in [2.24, 2.45) is 5.73 Å². The maximum atomic E-state index is 10.6. The van der Waals surface area contributed by atoms with Gasteiger partial charge in [0.1, 0.15) is 0 Å². The van der Waals surface area contributed by atoms with E-state index in [4.69, 9.17) is 5.73 Å². The predicted octanol–water partition coefficient (Wildman–Crippen LogP) is 3.84. The van der Waals surface area contributed by atoms with Crippen molar-refractivity contribution in [1.82, 2.24) is 0 Å². The van der Waals surface area contributed by atoms with E-state index in [9.17, 15) is 5.11 Å². The molecule has 0 aliphatic heterocycles. The molecular weight excluding hydrogens is 314 g/mol. The highest BCUT2D eigenvalue weighted by Gasteiger charge is 2.22. The summed E-state index contributed by atoms with van der Waals surface area (Å²) < 4.78 is 1.01. The van der Waals surface area contributed by atoms with Gasteiger partial charge in [-0.1, -0.05) is 57.9 Å². The molecule has 0 amide bonds. The van der Waals surface area contributed by atoms with Crippen molar-refractivity contribution in [1.29, 1.82) is 0 Å². The molecule has 2 nitrogen and oxygen atoms in total. The minimum Gasteiger partial charge on any atom is -0.388 e. The van der Waals surface area contributed by atoms with Crippen LogP contribution in [0.1, 0.15) is 34.3 Å². The molecule has 2 unspecified atom stereocenters. The average Bonchev–Trinajstić information content (AvgIpc) is 2.42. The monoisotopic (exact) mass is 333 g/mol. The molecule has 3 heteroatoms. The van der Waals surface area contributed by atoms with Crippen LogP contribution in [0.3, 0.4) is 0 Å². The predicted molar refractivity (Wildman–Crippen MR) is 86.8 cm³/mol. The van der Waals surface area contributed by atoms with Gasteiger partial charge in [0.05, 0.1) is 6.10 Å². The van der Waals surface area contributed by atoms with Crippen LogP contribution in [0.2, 0.25) is 0 Å². The van der Waals surface area contributed by atoms with Crippen molar-refractivity contribution in [3.05, 3.63) is 69.2 Å². The van der Waals surface area contributed by atoms with E-state index < -0.39 is 6.10 Å². The molecule has 0 fully saturated rings. The number of halogens is 1. The first-order valence-electron chi connectivity index (χ1n) is 6.73. The van der Waals surface area contributed by atoms with Crippen LogP contribution in [0.4, 0.5) is 0 Å². The topological polar surface area (TPSA) is 46.2 Å². The highest BCUT2D eigenvalue weighted by Crippen LogP contribution is 2.32. The van der Waals surface area contributed by atoms with Crippen LogP contribution in [-0.4, -0.2) is 11.7 Å². The van der Waals surface area contributed by atoms with Crippen molar-refractivity contribution in [2.45, 2.75) is 25.9 Å². The molecule has 2 aromatic rings. The first kappa shape index (κ1) is 15.2. The molecule has 2 rings (SSSR count). The van der Waals surface area contributed by atoms with E-state index in [1.807, 2.05) is 50.2 Å². The highest BCUT2D eigenvalue weighted by atomic mass is 79.9. The van der Waals surface area contributed by atoms with Crippen LogP contribution in [-0.2, 0) is 0 Å². The number of hydrogen-bond acceptors (Lipinski definition) is 2. The van der Waals surface area contributed by atoms with Crippen molar-refractivity contribution < 1.29 is 5.11 Å². The lowest BCUT2D eigenvalue weighted by molar-refractivity contribution is 0.147. The van der Waals surface area contributed by atoms with Crippen LogP contribution in [0.25, 0.3) is 0 Å². The van der Waals surface area contributed by atoms with Crippen molar-refractivity contribution >= 4 is 15.9 Å². The van der Waals surface area contributed by atoms with Crippen molar-refractivity contribution in [3.8, 4) is 0 Å². The van der Waals surface area contributed by atoms with E-state index in [1.165, 1.54) is 5.56 Å². The van der Waals surface area contributed by atoms with E-state index in [-0.39, 0.29) is 5.92 Å². The van der Waals surface area contributed by atoms with Gasteiger partial charge in [-0.15, -0.1) is 0 Å². The summed E-state index contributed by atoms with van der Waals surface area (Å²) in [4.78, 5) is 0. The molecule has 2 aromatic carbocycles. The maximum absolute atomic E-state index is 10.6. The third kappa shape index (κ3) is 3.29. The number of nitrogens with two attached hydrogens (primary N) is 1. The van der Waals surface area contributed by atoms with Crippen LogP contribution < -0.4 is 5.73 Å². The fraction of sp³-hybridized carbons (Fsp3) is 0.294. The zero-order valence-corrected chi connectivity index (χ0v) is 13.4. The van der Waals surface area contributed by atoms with Crippen molar-refractivity contribution in [2.75, 3.05) is 6.54 Å². The summed E-state index contributed by atoms with van der Waals surface area (Å²) >= 11 is 3.51. The van der Waals surface area contributed by atoms with Crippen molar-refractivity contribution in [3.63, 3.8) is 0 Å². The fourth-order valence-electron chi connectivity index (χ4n) is 2.37. The maximum Gasteiger partial charge on any atom is 0.0871 e. The van der Waals surface area contributed by atoms with Gasteiger partial charge in [0, 0.05) is 16.9 Å². The summed E-state index contributed by atoms with van der Waals surface area (Å²) in [6.45, 7) is 4.49. The molecule has 0 bridgehead atoms. The number of benzene rings is 2. The second-order valence-electron chi connectivity index (χ2n) is 5.21. The Morgan fingerprint density at radius 1 is 1.10 bits per heavy atom. The number of hydrogen-bond donors (Lipinski definition) is 2. The Morgan fingerprint density at radius 3 is 2.45 bits per heavy atom. The lowest BCUT2D eigenvalue weighted by Crippen LogP contribution is -2.20. The Labute approximate surface area is 128 Å². The zero-order valence-electron chi connectivity index (χ0n) is 11.8. The molecule has 0 saturated carbocycles. The van der Waals surface area contributed by atoms with Gasteiger partial charge in [0.2, 0.25) is 0 Å². The lowest BCUT2D eigenvalue weighted by Gasteiger charge is -2.23. The minimum atomic E-state index is -0.598. The second-order valence-corrected chi connectivity index (χ2v) is 6.06. The molecule has 0 saturated heterocycles. The molecule has 106 valence electrons. The van der Waals surface area contributed by atoms with Gasteiger partial charge < -0.3 is 10.8 Å². The van der Waals surface area contributed by atoms with Crippen LogP contribution in [0.5, 0.6) is 0 Å². The van der Waals surface area contributed by atoms with Gasteiger partial charge in [-0.05, 0) is 36.6 Å². The van der Waals surface area contributed by atoms with Crippen LogP contribution in [0, 0.1) is 13.8 Å². The van der Waals surface area contributed by atoms with Gasteiger partial charge in [-0.25, -0.2) is 0 Å². The van der Waals surface area contributed by atoms with Gasteiger partial charge in [-0.2, -0.15) is 0 Å². The molecule has 0 aliphatic rings. The van der Waals surface area contributed by atoms with E-state index in [2.05, 4.69) is 22.0 Å². The normalized spacial score (nSPS) is 14.1.